The normalized spacial score (nSPS) is 15.4. The summed E-state index contributed by atoms with van der Waals surface area (Å²) >= 11 is 0. The number of piperidine rings is 1. The van der Waals surface area contributed by atoms with Gasteiger partial charge in [0.2, 0.25) is 12.3 Å². The van der Waals surface area contributed by atoms with Gasteiger partial charge >= 0.3 is 0 Å². The van der Waals surface area contributed by atoms with Crippen molar-refractivity contribution in [3.8, 4) is 11.8 Å². The Hall–Kier alpha value is -2.65. The number of ether oxygens (including phenoxy) is 1. The van der Waals surface area contributed by atoms with Gasteiger partial charge in [-0.1, -0.05) is 24.0 Å². The smallest absolute Gasteiger partial charge is 0.227 e. The lowest BCUT2D eigenvalue weighted by Crippen LogP contribution is -2.36. The van der Waals surface area contributed by atoms with Crippen LogP contribution in [0.25, 0.3) is 0 Å². The molecular formula is C21H26N2O4. The number of carbonyl (C=O) groups excluding carboxylic acids is 3. The Morgan fingerprint density at radius 3 is 2.59 bits per heavy atom. The minimum atomic E-state index is -0.331. The molecule has 0 spiro atoms. The maximum Gasteiger partial charge on any atom is 0.227 e. The molecule has 1 saturated heterocycles. The van der Waals surface area contributed by atoms with E-state index in [1.54, 1.807) is 11.9 Å². The summed E-state index contributed by atoms with van der Waals surface area (Å²) in [5.74, 6) is 5.64. The molecule has 1 aromatic carbocycles. The molecule has 1 aliphatic rings. The molecule has 6 heteroatoms. The Morgan fingerprint density at radius 2 is 2.00 bits per heavy atom. The molecule has 0 bridgehead atoms. The van der Waals surface area contributed by atoms with Gasteiger partial charge in [0.1, 0.15) is 12.9 Å². The highest BCUT2D eigenvalue weighted by molar-refractivity contribution is 5.83. The van der Waals surface area contributed by atoms with Gasteiger partial charge in [0.15, 0.2) is 0 Å². The minimum Gasteiger partial charge on any atom is -0.365 e. The van der Waals surface area contributed by atoms with Crippen molar-refractivity contribution in [2.24, 2.45) is 0 Å². The number of hydrogen-bond donors (Lipinski definition) is 1. The van der Waals surface area contributed by atoms with Gasteiger partial charge < -0.3 is 19.7 Å². The van der Waals surface area contributed by atoms with Crippen molar-refractivity contribution in [1.29, 1.82) is 0 Å². The van der Waals surface area contributed by atoms with Crippen LogP contribution in [0.2, 0.25) is 0 Å². The molecule has 27 heavy (non-hydrogen) atoms. The first-order valence-corrected chi connectivity index (χ1v) is 9.23. The fraction of sp³-hybridized carbons (Fsp3) is 0.476. The van der Waals surface area contributed by atoms with E-state index in [1.165, 1.54) is 0 Å². The van der Waals surface area contributed by atoms with Gasteiger partial charge in [0.25, 0.3) is 0 Å². The standard InChI is InChI=1S/C21H26N2O4/c1-22-21(26)20(5-2-14-24)18-8-6-17(7-9-18)4-3-15-27-19-10-12-23(16-25)13-11-19/h6-9,14,16,19-20H,2,5,10-13,15H2,1H3,(H,22,26). The molecule has 1 atom stereocenters. The topological polar surface area (TPSA) is 75.7 Å². The van der Waals surface area contributed by atoms with Gasteiger partial charge in [0, 0.05) is 32.1 Å². The molecule has 144 valence electrons. The molecule has 2 amide bonds. The van der Waals surface area contributed by atoms with Crippen LogP contribution in [0.1, 0.15) is 42.7 Å². The summed E-state index contributed by atoms with van der Waals surface area (Å²) in [5, 5.41) is 2.64. The summed E-state index contributed by atoms with van der Waals surface area (Å²) < 4.78 is 5.75. The minimum absolute atomic E-state index is 0.0929. The summed E-state index contributed by atoms with van der Waals surface area (Å²) in [6, 6.07) is 7.51. The van der Waals surface area contributed by atoms with Crippen LogP contribution in [0, 0.1) is 11.8 Å². The SMILES string of the molecule is CNC(=O)C(CCC=O)c1ccc(C#CCOC2CCN(C=O)CC2)cc1. The van der Waals surface area contributed by atoms with Gasteiger partial charge in [-0.2, -0.15) is 0 Å². The van der Waals surface area contributed by atoms with E-state index in [9.17, 15) is 14.4 Å². The maximum absolute atomic E-state index is 12.0. The predicted molar refractivity (Wildman–Crippen MR) is 102 cm³/mol. The number of likely N-dealkylation sites (N-methyl/N-ethyl adjacent to an activating group) is 1. The maximum atomic E-state index is 12.0. The molecule has 0 aliphatic carbocycles. The molecule has 1 aromatic rings. The number of carbonyl (C=O) groups is 3. The molecule has 0 radical (unpaired) electrons. The predicted octanol–water partition coefficient (Wildman–Crippen LogP) is 1.48. The Labute approximate surface area is 160 Å². The second-order valence-electron chi connectivity index (χ2n) is 6.49. The summed E-state index contributed by atoms with van der Waals surface area (Å²) in [6.07, 6.45) is 4.40. The van der Waals surface area contributed by atoms with E-state index < -0.39 is 0 Å². The summed E-state index contributed by atoms with van der Waals surface area (Å²) in [4.78, 5) is 35.1. The molecule has 2 rings (SSSR count). The van der Waals surface area contributed by atoms with Crippen LogP contribution >= 0.6 is 0 Å². The number of nitrogens with one attached hydrogen (secondary N) is 1. The third-order valence-corrected chi connectivity index (χ3v) is 4.70. The molecular weight excluding hydrogens is 344 g/mol. The van der Waals surface area contributed by atoms with Crippen LogP contribution in [-0.4, -0.2) is 56.4 Å². The van der Waals surface area contributed by atoms with E-state index in [1.807, 2.05) is 24.3 Å². The highest BCUT2D eigenvalue weighted by Gasteiger charge is 2.19. The fourth-order valence-electron chi connectivity index (χ4n) is 3.10. The van der Waals surface area contributed by atoms with E-state index in [4.69, 9.17) is 4.74 Å². The van der Waals surface area contributed by atoms with Crippen molar-refractivity contribution in [2.75, 3.05) is 26.7 Å². The van der Waals surface area contributed by atoms with Crippen molar-refractivity contribution < 1.29 is 19.1 Å². The lowest BCUT2D eigenvalue weighted by atomic mass is 9.93. The van der Waals surface area contributed by atoms with Crippen LogP contribution in [0.5, 0.6) is 0 Å². The lowest BCUT2D eigenvalue weighted by Gasteiger charge is -2.28. The molecule has 1 fully saturated rings. The average Bonchev–Trinajstić information content (AvgIpc) is 2.72. The molecule has 0 saturated carbocycles. The Kier molecular flexibility index (Phi) is 8.53. The second-order valence-corrected chi connectivity index (χ2v) is 6.49. The number of aldehydes is 1. The second kappa shape index (κ2) is 11.1. The molecule has 0 aromatic heterocycles. The number of benzene rings is 1. The Bertz CT molecular complexity index is 682. The summed E-state index contributed by atoms with van der Waals surface area (Å²) in [7, 11) is 1.60. The number of likely N-dealkylation sites (tertiary alicyclic amines) is 1. The van der Waals surface area contributed by atoms with Crippen molar-refractivity contribution >= 4 is 18.6 Å². The third kappa shape index (κ3) is 6.54. The monoisotopic (exact) mass is 370 g/mol. The van der Waals surface area contributed by atoms with E-state index in [0.717, 1.165) is 49.8 Å². The molecule has 1 N–H and O–H groups in total. The zero-order valence-electron chi connectivity index (χ0n) is 15.6. The number of rotatable bonds is 8. The van der Waals surface area contributed by atoms with Gasteiger partial charge in [-0.25, -0.2) is 0 Å². The molecule has 1 aliphatic heterocycles. The van der Waals surface area contributed by atoms with Crippen LogP contribution in [0.3, 0.4) is 0 Å². The largest absolute Gasteiger partial charge is 0.365 e. The van der Waals surface area contributed by atoms with Crippen LogP contribution in [0.15, 0.2) is 24.3 Å². The third-order valence-electron chi connectivity index (χ3n) is 4.70. The van der Waals surface area contributed by atoms with E-state index >= 15 is 0 Å². The van der Waals surface area contributed by atoms with E-state index in [2.05, 4.69) is 17.2 Å². The molecule has 1 heterocycles. The van der Waals surface area contributed by atoms with Crippen molar-refractivity contribution in [1.82, 2.24) is 10.2 Å². The van der Waals surface area contributed by atoms with Crippen LogP contribution in [0.4, 0.5) is 0 Å². The quantitative estimate of drug-likeness (QED) is 0.556. The zero-order valence-corrected chi connectivity index (χ0v) is 15.6. The molecule has 1 unspecified atom stereocenters. The van der Waals surface area contributed by atoms with Crippen molar-refractivity contribution in [3.05, 3.63) is 35.4 Å². The van der Waals surface area contributed by atoms with Crippen LogP contribution in [-0.2, 0) is 19.1 Å². The first-order chi connectivity index (χ1) is 13.2. The van der Waals surface area contributed by atoms with Crippen molar-refractivity contribution in [3.63, 3.8) is 0 Å². The first kappa shape index (κ1) is 20.7. The van der Waals surface area contributed by atoms with Crippen molar-refractivity contribution in [2.45, 2.75) is 37.7 Å². The van der Waals surface area contributed by atoms with Gasteiger partial charge in [-0.05, 0) is 37.0 Å². The summed E-state index contributed by atoms with van der Waals surface area (Å²) in [6.45, 7) is 1.83. The van der Waals surface area contributed by atoms with Gasteiger partial charge in [-0.3, -0.25) is 9.59 Å². The summed E-state index contributed by atoms with van der Waals surface area (Å²) in [5.41, 5.74) is 1.73. The Morgan fingerprint density at radius 1 is 1.30 bits per heavy atom. The Balaban J connectivity index is 1.86. The highest BCUT2D eigenvalue weighted by atomic mass is 16.5. The van der Waals surface area contributed by atoms with Gasteiger partial charge in [-0.15, -0.1) is 0 Å². The van der Waals surface area contributed by atoms with E-state index in [0.29, 0.717) is 19.4 Å². The lowest BCUT2D eigenvalue weighted by molar-refractivity contribution is -0.122. The first-order valence-electron chi connectivity index (χ1n) is 9.23. The number of amides is 2. The van der Waals surface area contributed by atoms with E-state index in [-0.39, 0.29) is 17.9 Å². The van der Waals surface area contributed by atoms with Crippen LogP contribution < -0.4 is 5.32 Å². The number of hydrogen-bond acceptors (Lipinski definition) is 4. The number of nitrogens with zero attached hydrogens (tertiary/aromatic N) is 1. The van der Waals surface area contributed by atoms with Gasteiger partial charge in [0.05, 0.1) is 12.0 Å². The fourth-order valence-corrected chi connectivity index (χ4v) is 3.10. The zero-order chi connectivity index (χ0) is 19.5. The average molecular weight is 370 g/mol. The highest BCUT2D eigenvalue weighted by Crippen LogP contribution is 2.21. The molecule has 6 nitrogen and oxygen atoms in total.